The van der Waals surface area contributed by atoms with Gasteiger partial charge in [-0.2, -0.15) is 0 Å². The highest BCUT2D eigenvalue weighted by Crippen LogP contribution is 2.39. The molecule has 0 spiro atoms. The van der Waals surface area contributed by atoms with E-state index in [2.05, 4.69) is 21.2 Å². The summed E-state index contributed by atoms with van der Waals surface area (Å²) in [7, 11) is 0. The van der Waals surface area contributed by atoms with Crippen LogP contribution < -0.4 is 10.1 Å². The Kier molecular flexibility index (Phi) is 2.59. The second-order valence-electron chi connectivity index (χ2n) is 4.05. The topological polar surface area (TPSA) is 34.4 Å². The number of halogens is 1. The van der Waals surface area contributed by atoms with Crippen molar-refractivity contribution < 1.29 is 9.15 Å². The molecular formula is C13H12BrNO2. The summed E-state index contributed by atoms with van der Waals surface area (Å²) in [6.45, 7) is 2.65. The molecule has 0 amide bonds. The summed E-state index contributed by atoms with van der Waals surface area (Å²) in [5.74, 6) is 2.61. The third-order valence-corrected chi connectivity index (χ3v) is 3.41. The maximum Gasteiger partial charge on any atom is 0.173 e. The molecule has 3 nitrogen and oxygen atoms in total. The van der Waals surface area contributed by atoms with E-state index in [1.54, 1.807) is 0 Å². The van der Waals surface area contributed by atoms with Crippen LogP contribution in [-0.2, 0) is 0 Å². The van der Waals surface area contributed by atoms with Gasteiger partial charge in [0, 0.05) is 0 Å². The Morgan fingerprint density at radius 3 is 2.94 bits per heavy atom. The van der Waals surface area contributed by atoms with Gasteiger partial charge in [-0.25, -0.2) is 0 Å². The fourth-order valence-electron chi connectivity index (χ4n) is 1.94. The lowest BCUT2D eigenvalue weighted by atomic mass is 10.2. The monoisotopic (exact) mass is 293 g/mol. The smallest absolute Gasteiger partial charge is 0.173 e. The van der Waals surface area contributed by atoms with Gasteiger partial charge in [0.15, 0.2) is 11.9 Å². The van der Waals surface area contributed by atoms with Crippen LogP contribution in [0.4, 0.5) is 5.69 Å². The normalized spacial score (nSPS) is 18.1. The summed E-state index contributed by atoms with van der Waals surface area (Å²) < 4.78 is 12.5. The standard InChI is InChI=1S/C13H12BrNO2/c1-8-5-6-11(16-8)12-7-15-10-4-2-3-9(14)13(10)17-12/h2-6,12,15H,7H2,1H3. The molecule has 1 atom stereocenters. The minimum absolute atomic E-state index is 0.0742. The molecule has 88 valence electrons. The van der Waals surface area contributed by atoms with E-state index in [-0.39, 0.29) is 6.10 Å². The lowest BCUT2D eigenvalue weighted by Gasteiger charge is -2.26. The van der Waals surface area contributed by atoms with Crippen molar-refractivity contribution in [1.82, 2.24) is 0 Å². The van der Waals surface area contributed by atoms with Gasteiger partial charge < -0.3 is 14.5 Å². The van der Waals surface area contributed by atoms with Crippen LogP contribution in [0.5, 0.6) is 5.75 Å². The lowest BCUT2D eigenvalue weighted by molar-refractivity contribution is 0.178. The fourth-order valence-corrected chi connectivity index (χ4v) is 2.40. The van der Waals surface area contributed by atoms with Gasteiger partial charge in [-0.1, -0.05) is 6.07 Å². The summed E-state index contributed by atoms with van der Waals surface area (Å²) in [6.07, 6.45) is -0.0742. The first kappa shape index (κ1) is 10.7. The molecule has 1 unspecified atom stereocenters. The van der Waals surface area contributed by atoms with Gasteiger partial charge in [-0.3, -0.25) is 0 Å². The van der Waals surface area contributed by atoms with Gasteiger partial charge in [-0.05, 0) is 47.1 Å². The molecule has 0 fully saturated rings. The highest BCUT2D eigenvalue weighted by molar-refractivity contribution is 9.10. The van der Waals surface area contributed by atoms with E-state index >= 15 is 0 Å². The van der Waals surface area contributed by atoms with Crippen LogP contribution in [0.1, 0.15) is 17.6 Å². The third kappa shape index (κ3) is 1.93. The molecule has 2 heterocycles. The van der Waals surface area contributed by atoms with Crippen molar-refractivity contribution in [2.45, 2.75) is 13.0 Å². The number of para-hydroxylation sites is 1. The summed E-state index contributed by atoms with van der Waals surface area (Å²) in [6, 6.07) is 9.87. The average molecular weight is 294 g/mol. The number of hydrogen-bond acceptors (Lipinski definition) is 3. The van der Waals surface area contributed by atoms with Gasteiger partial charge in [0.05, 0.1) is 16.7 Å². The maximum absolute atomic E-state index is 5.96. The Morgan fingerprint density at radius 1 is 1.29 bits per heavy atom. The van der Waals surface area contributed by atoms with Crippen molar-refractivity contribution in [2.75, 3.05) is 11.9 Å². The summed E-state index contributed by atoms with van der Waals surface area (Å²) in [5, 5.41) is 3.35. The second-order valence-corrected chi connectivity index (χ2v) is 4.91. The van der Waals surface area contributed by atoms with E-state index in [0.717, 1.165) is 34.0 Å². The number of rotatable bonds is 1. The highest BCUT2D eigenvalue weighted by atomic mass is 79.9. The van der Waals surface area contributed by atoms with E-state index in [1.165, 1.54) is 0 Å². The molecule has 0 saturated carbocycles. The van der Waals surface area contributed by atoms with E-state index < -0.39 is 0 Å². The van der Waals surface area contributed by atoms with Gasteiger partial charge in [0.2, 0.25) is 0 Å². The molecule has 17 heavy (non-hydrogen) atoms. The number of aryl methyl sites for hydroxylation is 1. The van der Waals surface area contributed by atoms with E-state index in [1.807, 2.05) is 37.3 Å². The molecular weight excluding hydrogens is 282 g/mol. The fraction of sp³-hybridized carbons (Fsp3) is 0.231. The second kappa shape index (κ2) is 4.11. The van der Waals surface area contributed by atoms with Gasteiger partial charge in [0.1, 0.15) is 11.5 Å². The number of furan rings is 1. The largest absolute Gasteiger partial charge is 0.477 e. The Balaban J connectivity index is 1.92. The Labute approximate surface area is 108 Å². The number of ether oxygens (including phenoxy) is 1. The Hall–Kier alpha value is -1.42. The molecule has 0 aliphatic carbocycles. The number of anilines is 1. The molecule has 1 N–H and O–H groups in total. The zero-order valence-corrected chi connectivity index (χ0v) is 11.0. The molecule has 1 aromatic heterocycles. The van der Waals surface area contributed by atoms with Crippen LogP contribution in [0.25, 0.3) is 0 Å². The van der Waals surface area contributed by atoms with Crippen LogP contribution in [0, 0.1) is 6.92 Å². The SMILES string of the molecule is Cc1ccc(C2CNc3cccc(Br)c3O2)o1. The summed E-state index contributed by atoms with van der Waals surface area (Å²) in [4.78, 5) is 0. The van der Waals surface area contributed by atoms with Crippen LogP contribution in [0.2, 0.25) is 0 Å². The number of nitrogens with one attached hydrogen (secondary N) is 1. The first-order chi connectivity index (χ1) is 8.24. The van der Waals surface area contributed by atoms with E-state index in [4.69, 9.17) is 9.15 Å². The van der Waals surface area contributed by atoms with Gasteiger partial charge in [-0.15, -0.1) is 0 Å². The number of fused-ring (bicyclic) bond motifs is 1. The van der Waals surface area contributed by atoms with Crippen molar-refractivity contribution in [1.29, 1.82) is 0 Å². The number of hydrogen-bond donors (Lipinski definition) is 1. The van der Waals surface area contributed by atoms with Crippen molar-refractivity contribution in [3.8, 4) is 5.75 Å². The molecule has 1 aromatic carbocycles. The Morgan fingerprint density at radius 2 is 2.18 bits per heavy atom. The van der Waals surface area contributed by atoms with Crippen molar-refractivity contribution >= 4 is 21.6 Å². The molecule has 0 bridgehead atoms. The predicted octanol–water partition coefficient (Wildman–Crippen LogP) is 3.90. The molecule has 0 saturated heterocycles. The Bertz CT molecular complexity index is 550. The van der Waals surface area contributed by atoms with Crippen LogP contribution >= 0.6 is 15.9 Å². The van der Waals surface area contributed by atoms with Crippen LogP contribution in [0.15, 0.2) is 39.2 Å². The number of benzene rings is 1. The molecule has 2 aromatic rings. The van der Waals surface area contributed by atoms with Gasteiger partial charge >= 0.3 is 0 Å². The van der Waals surface area contributed by atoms with Crippen molar-refractivity contribution in [3.63, 3.8) is 0 Å². The minimum Gasteiger partial charge on any atom is -0.477 e. The summed E-state index contributed by atoms with van der Waals surface area (Å²) in [5.41, 5.74) is 1.01. The van der Waals surface area contributed by atoms with Crippen molar-refractivity contribution in [3.05, 3.63) is 46.3 Å². The van der Waals surface area contributed by atoms with E-state index in [0.29, 0.717) is 0 Å². The van der Waals surface area contributed by atoms with Crippen LogP contribution in [-0.4, -0.2) is 6.54 Å². The molecule has 4 heteroatoms. The van der Waals surface area contributed by atoms with Crippen molar-refractivity contribution in [2.24, 2.45) is 0 Å². The predicted molar refractivity (Wildman–Crippen MR) is 69.4 cm³/mol. The van der Waals surface area contributed by atoms with Crippen LogP contribution in [0.3, 0.4) is 0 Å². The zero-order chi connectivity index (χ0) is 11.8. The maximum atomic E-state index is 5.96. The minimum atomic E-state index is -0.0742. The van der Waals surface area contributed by atoms with Gasteiger partial charge in [0.25, 0.3) is 0 Å². The quantitative estimate of drug-likeness (QED) is 0.866. The zero-order valence-electron chi connectivity index (χ0n) is 9.37. The third-order valence-electron chi connectivity index (χ3n) is 2.78. The lowest BCUT2D eigenvalue weighted by Crippen LogP contribution is -2.23. The molecule has 1 aliphatic heterocycles. The van der Waals surface area contributed by atoms with E-state index in [9.17, 15) is 0 Å². The molecule has 3 rings (SSSR count). The first-order valence-corrected chi connectivity index (χ1v) is 6.29. The summed E-state index contributed by atoms with van der Waals surface area (Å²) >= 11 is 3.49. The first-order valence-electron chi connectivity index (χ1n) is 5.49. The highest BCUT2D eigenvalue weighted by Gasteiger charge is 2.24. The molecule has 1 aliphatic rings. The average Bonchev–Trinajstić information content (AvgIpc) is 2.76. The molecule has 0 radical (unpaired) electrons.